The van der Waals surface area contributed by atoms with Crippen LogP contribution in [-0.4, -0.2) is 40.8 Å². The lowest BCUT2D eigenvalue weighted by atomic mass is 9.96. The molecule has 2 rings (SSSR count). The second kappa shape index (κ2) is 7.19. The first kappa shape index (κ1) is 16.9. The minimum absolute atomic E-state index is 0.151. The van der Waals surface area contributed by atoms with E-state index < -0.39 is 11.0 Å². The topological polar surface area (TPSA) is 119 Å². The van der Waals surface area contributed by atoms with Crippen LogP contribution in [-0.2, 0) is 9.59 Å². The number of nitrogens with two attached hydrogens (primary N) is 1. The highest BCUT2D eigenvalue weighted by Gasteiger charge is 2.30. The van der Waals surface area contributed by atoms with Gasteiger partial charge in [-0.05, 0) is 32.4 Å². The fourth-order valence-electron chi connectivity index (χ4n) is 2.73. The van der Waals surface area contributed by atoms with Crippen molar-refractivity contribution in [2.45, 2.75) is 25.8 Å². The fraction of sp³-hybridized carbons (Fsp3) is 0.467. The number of likely N-dealkylation sites (tertiary alicyclic amines) is 1. The first-order valence-corrected chi connectivity index (χ1v) is 7.47. The molecular weight excluding hydrogens is 300 g/mol. The first-order chi connectivity index (χ1) is 10.9. The third-order valence-electron chi connectivity index (χ3n) is 4.14. The Labute approximate surface area is 133 Å². The van der Waals surface area contributed by atoms with Gasteiger partial charge in [0.05, 0.1) is 16.9 Å². The average molecular weight is 320 g/mol. The van der Waals surface area contributed by atoms with Crippen molar-refractivity contribution in [3.63, 3.8) is 0 Å². The number of benzene rings is 1. The van der Waals surface area contributed by atoms with Crippen molar-refractivity contribution in [2.24, 2.45) is 11.7 Å². The molecule has 8 heteroatoms. The molecular formula is C15H20N4O4. The average Bonchev–Trinajstić information content (AvgIpc) is 2.54. The van der Waals surface area contributed by atoms with Gasteiger partial charge in [0.1, 0.15) is 5.69 Å². The molecule has 1 fully saturated rings. The van der Waals surface area contributed by atoms with Crippen molar-refractivity contribution in [3.8, 4) is 0 Å². The van der Waals surface area contributed by atoms with Gasteiger partial charge < -0.3 is 11.1 Å². The molecule has 1 aromatic carbocycles. The first-order valence-electron chi connectivity index (χ1n) is 7.47. The lowest BCUT2D eigenvalue weighted by molar-refractivity contribution is -0.383. The van der Waals surface area contributed by atoms with Crippen LogP contribution in [0.5, 0.6) is 0 Å². The van der Waals surface area contributed by atoms with Gasteiger partial charge in [-0.2, -0.15) is 0 Å². The Hall–Kier alpha value is -2.48. The third-order valence-corrected chi connectivity index (χ3v) is 4.14. The Morgan fingerprint density at radius 3 is 2.78 bits per heavy atom. The number of carbonyl (C=O) groups is 2. The van der Waals surface area contributed by atoms with Crippen molar-refractivity contribution in [1.82, 2.24) is 4.90 Å². The van der Waals surface area contributed by atoms with Crippen molar-refractivity contribution in [2.75, 3.05) is 18.4 Å². The molecule has 0 radical (unpaired) electrons. The molecule has 124 valence electrons. The number of nitro groups is 1. The molecule has 23 heavy (non-hydrogen) atoms. The van der Waals surface area contributed by atoms with Gasteiger partial charge >= 0.3 is 0 Å². The maximum absolute atomic E-state index is 12.4. The van der Waals surface area contributed by atoms with Crippen molar-refractivity contribution in [3.05, 3.63) is 34.4 Å². The molecule has 1 heterocycles. The summed E-state index contributed by atoms with van der Waals surface area (Å²) in [6.45, 7) is 2.84. The number of nitro benzene ring substituents is 1. The van der Waals surface area contributed by atoms with E-state index >= 15 is 0 Å². The number of para-hydroxylation sites is 2. The molecule has 0 bridgehead atoms. The Kier molecular flexibility index (Phi) is 5.28. The molecule has 0 aliphatic carbocycles. The molecule has 2 amide bonds. The standard InChI is InChI=1S/C15H20N4O4/c1-10(18-8-4-5-11(9-18)14(16)20)15(21)17-12-6-2-3-7-13(12)19(22)23/h2-3,6-7,10-11H,4-5,8-9H2,1H3,(H2,16,20)(H,17,21)/t10-,11-/m1/s1. The van der Waals surface area contributed by atoms with E-state index in [0.29, 0.717) is 13.1 Å². The predicted molar refractivity (Wildman–Crippen MR) is 84.7 cm³/mol. The summed E-state index contributed by atoms with van der Waals surface area (Å²) in [5, 5.41) is 13.6. The van der Waals surface area contributed by atoms with Crippen LogP contribution in [0.1, 0.15) is 19.8 Å². The van der Waals surface area contributed by atoms with Gasteiger partial charge in [0, 0.05) is 12.6 Å². The van der Waals surface area contributed by atoms with Gasteiger partial charge in [0.25, 0.3) is 5.69 Å². The van der Waals surface area contributed by atoms with Gasteiger partial charge in [-0.25, -0.2) is 0 Å². The Morgan fingerprint density at radius 2 is 2.13 bits per heavy atom. The number of piperidine rings is 1. The Bertz CT molecular complexity index is 619. The van der Waals surface area contributed by atoms with Gasteiger partial charge in [0.15, 0.2) is 0 Å². The summed E-state index contributed by atoms with van der Waals surface area (Å²) in [6.07, 6.45) is 1.51. The number of nitrogens with one attached hydrogen (secondary N) is 1. The zero-order chi connectivity index (χ0) is 17.0. The van der Waals surface area contributed by atoms with Crippen molar-refractivity contribution in [1.29, 1.82) is 0 Å². The van der Waals surface area contributed by atoms with Gasteiger partial charge in [-0.1, -0.05) is 12.1 Å². The summed E-state index contributed by atoms with van der Waals surface area (Å²) in [5.41, 5.74) is 5.35. The molecule has 1 aromatic rings. The number of nitrogens with zero attached hydrogens (tertiary/aromatic N) is 2. The zero-order valence-corrected chi connectivity index (χ0v) is 12.9. The number of amides is 2. The van der Waals surface area contributed by atoms with E-state index in [1.807, 2.05) is 4.90 Å². The summed E-state index contributed by atoms with van der Waals surface area (Å²) in [6, 6.07) is 5.49. The highest BCUT2D eigenvalue weighted by molar-refractivity contribution is 5.96. The van der Waals surface area contributed by atoms with Crippen LogP contribution in [0.4, 0.5) is 11.4 Å². The van der Waals surface area contributed by atoms with E-state index in [-0.39, 0.29) is 29.1 Å². The van der Waals surface area contributed by atoms with E-state index in [4.69, 9.17) is 5.73 Å². The SMILES string of the molecule is C[C@H](C(=O)Nc1ccccc1[N+](=O)[O-])N1CCC[C@@H](C(N)=O)C1. The highest BCUT2D eigenvalue weighted by atomic mass is 16.6. The molecule has 2 atom stereocenters. The second-order valence-corrected chi connectivity index (χ2v) is 5.68. The second-order valence-electron chi connectivity index (χ2n) is 5.68. The molecule has 0 unspecified atom stereocenters. The molecule has 8 nitrogen and oxygen atoms in total. The lowest BCUT2D eigenvalue weighted by Crippen LogP contribution is -2.49. The maximum atomic E-state index is 12.4. The molecule has 0 saturated carbocycles. The molecule has 1 saturated heterocycles. The minimum Gasteiger partial charge on any atom is -0.369 e. The third kappa shape index (κ3) is 4.04. The normalized spacial score (nSPS) is 19.8. The molecule has 3 N–H and O–H groups in total. The molecule has 1 aliphatic heterocycles. The molecule has 0 spiro atoms. The molecule has 1 aliphatic rings. The van der Waals surface area contributed by atoms with E-state index in [0.717, 1.165) is 12.8 Å². The summed E-state index contributed by atoms with van der Waals surface area (Å²) >= 11 is 0. The largest absolute Gasteiger partial charge is 0.369 e. The Balaban J connectivity index is 2.06. The zero-order valence-electron chi connectivity index (χ0n) is 12.9. The van der Waals surface area contributed by atoms with Crippen molar-refractivity contribution >= 4 is 23.2 Å². The minimum atomic E-state index is -0.537. The maximum Gasteiger partial charge on any atom is 0.292 e. The summed E-state index contributed by atoms with van der Waals surface area (Å²) in [5.74, 6) is -0.963. The number of rotatable bonds is 5. The van der Waals surface area contributed by atoms with Crippen LogP contribution < -0.4 is 11.1 Å². The smallest absolute Gasteiger partial charge is 0.292 e. The van der Waals surface area contributed by atoms with Crippen LogP contribution in [0.25, 0.3) is 0 Å². The van der Waals surface area contributed by atoms with Crippen molar-refractivity contribution < 1.29 is 14.5 Å². The molecule has 0 aromatic heterocycles. The quantitative estimate of drug-likeness (QED) is 0.622. The van der Waals surface area contributed by atoms with E-state index in [1.54, 1.807) is 19.1 Å². The van der Waals surface area contributed by atoms with Crippen LogP contribution >= 0.6 is 0 Å². The predicted octanol–water partition coefficient (Wildman–Crippen LogP) is 1.12. The summed E-state index contributed by atoms with van der Waals surface area (Å²) in [7, 11) is 0. The fourth-order valence-corrected chi connectivity index (χ4v) is 2.73. The number of carbonyl (C=O) groups excluding carboxylic acids is 2. The van der Waals surface area contributed by atoms with Gasteiger partial charge in [0.2, 0.25) is 11.8 Å². The van der Waals surface area contributed by atoms with E-state index in [9.17, 15) is 19.7 Å². The van der Waals surface area contributed by atoms with Gasteiger partial charge in [-0.3, -0.25) is 24.6 Å². The van der Waals surface area contributed by atoms with Crippen LogP contribution in [0.2, 0.25) is 0 Å². The number of hydrogen-bond acceptors (Lipinski definition) is 5. The van der Waals surface area contributed by atoms with Gasteiger partial charge in [-0.15, -0.1) is 0 Å². The number of anilines is 1. The lowest BCUT2D eigenvalue weighted by Gasteiger charge is -2.34. The Morgan fingerprint density at radius 1 is 1.43 bits per heavy atom. The van der Waals surface area contributed by atoms with E-state index in [2.05, 4.69) is 5.32 Å². The van der Waals surface area contributed by atoms with E-state index in [1.165, 1.54) is 12.1 Å². The monoisotopic (exact) mass is 320 g/mol. The number of hydrogen-bond donors (Lipinski definition) is 2. The number of primary amides is 1. The summed E-state index contributed by atoms with van der Waals surface area (Å²) < 4.78 is 0. The van der Waals surface area contributed by atoms with Crippen LogP contribution in [0.3, 0.4) is 0 Å². The highest BCUT2D eigenvalue weighted by Crippen LogP contribution is 2.24. The van der Waals surface area contributed by atoms with Crippen LogP contribution in [0.15, 0.2) is 24.3 Å². The summed E-state index contributed by atoms with van der Waals surface area (Å²) in [4.78, 5) is 36.0. The van der Waals surface area contributed by atoms with Crippen LogP contribution in [0, 0.1) is 16.0 Å².